The predicted octanol–water partition coefficient (Wildman–Crippen LogP) is 7.81. The van der Waals surface area contributed by atoms with E-state index in [1.165, 1.54) is 43.2 Å². The van der Waals surface area contributed by atoms with Crippen molar-refractivity contribution in [3.8, 4) is 17.6 Å². The zero-order valence-electron chi connectivity index (χ0n) is 19.0. The van der Waals surface area contributed by atoms with Crippen LogP contribution in [0.2, 0.25) is 0 Å². The molecule has 0 fully saturated rings. The van der Waals surface area contributed by atoms with Crippen molar-refractivity contribution < 1.29 is 4.74 Å². The number of hydrogen-bond donors (Lipinski definition) is 0. The predicted molar refractivity (Wildman–Crippen MR) is 131 cm³/mol. The van der Waals surface area contributed by atoms with Gasteiger partial charge in [0, 0.05) is 11.1 Å². The maximum Gasteiger partial charge on any atom is 0.119 e. The summed E-state index contributed by atoms with van der Waals surface area (Å²) in [6.07, 6.45) is 6.35. The Balaban J connectivity index is 1.38. The molecule has 0 saturated carbocycles. The van der Waals surface area contributed by atoms with Gasteiger partial charge in [0.1, 0.15) is 5.75 Å². The molecular weight excluding hydrogens is 392 g/mol. The second-order valence-corrected chi connectivity index (χ2v) is 8.30. The van der Waals surface area contributed by atoms with Crippen LogP contribution in [0.15, 0.2) is 77.0 Å². The second kappa shape index (κ2) is 10.8. The molecule has 0 spiro atoms. The third-order valence-corrected chi connectivity index (χ3v) is 5.88. The second-order valence-electron chi connectivity index (χ2n) is 8.30. The van der Waals surface area contributed by atoms with Crippen LogP contribution >= 0.6 is 0 Å². The minimum absolute atomic E-state index is 0.655. The van der Waals surface area contributed by atoms with E-state index in [0.29, 0.717) is 6.61 Å². The fraction of sp³-hybridized carbons (Fsp3) is 0.310. The number of fused-ring (bicyclic) bond motifs is 1. The molecule has 0 heterocycles. The summed E-state index contributed by atoms with van der Waals surface area (Å²) in [5, 5.41) is 8.61. The van der Waals surface area contributed by atoms with Crippen molar-refractivity contribution in [2.24, 2.45) is 16.1 Å². The van der Waals surface area contributed by atoms with Crippen molar-refractivity contribution in [3.63, 3.8) is 0 Å². The Hall–Kier alpha value is -3.38. The fourth-order valence-corrected chi connectivity index (χ4v) is 4.21. The highest BCUT2D eigenvalue weighted by molar-refractivity contribution is 5.49. The van der Waals surface area contributed by atoms with Gasteiger partial charge in [-0.05, 0) is 104 Å². The molecule has 3 aromatic carbocycles. The summed E-state index contributed by atoms with van der Waals surface area (Å²) in [5.41, 5.74) is 6.67. The Kier molecular flexibility index (Phi) is 7.35. The third kappa shape index (κ3) is 5.86. The van der Waals surface area contributed by atoms with Gasteiger partial charge in [-0.2, -0.15) is 10.2 Å². The molecule has 3 aromatic rings. The van der Waals surface area contributed by atoms with Gasteiger partial charge in [-0.3, -0.25) is 0 Å². The zero-order chi connectivity index (χ0) is 22.2. The van der Waals surface area contributed by atoms with Crippen molar-refractivity contribution in [1.82, 2.24) is 0 Å². The summed E-state index contributed by atoms with van der Waals surface area (Å²) >= 11 is 0. The van der Waals surface area contributed by atoms with Crippen LogP contribution in [-0.4, -0.2) is 6.61 Å². The van der Waals surface area contributed by atoms with Crippen molar-refractivity contribution in [2.45, 2.75) is 46.0 Å². The van der Waals surface area contributed by atoms with Crippen LogP contribution in [0.25, 0.3) is 0 Å². The van der Waals surface area contributed by atoms with E-state index in [4.69, 9.17) is 4.74 Å². The smallest absolute Gasteiger partial charge is 0.119 e. The molecule has 0 radical (unpaired) electrons. The average Bonchev–Trinajstić information content (AvgIpc) is 2.83. The third-order valence-electron chi connectivity index (χ3n) is 5.88. The molecule has 0 saturated heterocycles. The molecule has 1 atom stereocenters. The van der Waals surface area contributed by atoms with Crippen LogP contribution in [0.4, 0.5) is 11.4 Å². The molecule has 0 amide bonds. The van der Waals surface area contributed by atoms with Gasteiger partial charge >= 0.3 is 0 Å². The van der Waals surface area contributed by atoms with Gasteiger partial charge in [0.2, 0.25) is 0 Å². The lowest BCUT2D eigenvalue weighted by Gasteiger charge is -2.24. The Bertz CT molecular complexity index is 1120. The maximum atomic E-state index is 5.45. The average molecular weight is 423 g/mol. The summed E-state index contributed by atoms with van der Waals surface area (Å²) in [7, 11) is 0. The molecule has 1 unspecified atom stereocenters. The summed E-state index contributed by atoms with van der Waals surface area (Å²) in [4.78, 5) is 0. The van der Waals surface area contributed by atoms with E-state index in [2.05, 4.69) is 47.2 Å². The number of rotatable bonds is 6. The van der Waals surface area contributed by atoms with Gasteiger partial charge in [-0.25, -0.2) is 0 Å². The topological polar surface area (TPSA) is 34.0 Å². The van der Waals surface area contributed by atoms with Crippen molar-refractivity contribution in [3.05, 3.63) is 89.0 Å². The van der Waals surface area contributed by atoms with Crippen molar-refractivity contribution in [2.75, 3.05) is 6.61 Å². The monoisotopic (exact) mass is 422 g/mol. The molecule has 0 bridgehead atoms. The molecule has 0 N–H and O–H groups in total. The van der Waals surface area contributed by atoms with Gasteiger partial charge in [-0.15, -0.1) is 0 Å². The Labute approximate surface area is 191 Å². The van der Waals surface area contributed by atoms with Gasteiger partial charge in [-0.1, -0.05) is 37.7 Å². The lowest BCUT2D eigenvalue weighted by atomic mass is 9.81. The minimum atomic E-state index is 0.655. The molecule has 162 valence electrons. The van der Waals surface area contributed by atoms with Crippen molar-refractivity contribution in [1.29, 1.82) is 0 Å². The maximum absolute atomic E-state index is 5.45. The number of azo groups is 1. The van der Waals surface area contributed by atoms with E-state index in [0.717, 1.165) is 34.2 Å². The SMILES string of the molecule is CCCC1CCc2cc(C#Cc3ccc(N=Nc4ccc(OCC)cc4)cc3)ccc2C1. The quantitative estimate of drug-likeness (QED) is 0.295. The van der Waals surface area contributed by atoms with E-state index in [9.17, 15) is 0 Å². The van der Waals surface area contributed by atoms with Gasteiger partial charge in [0.15, 0.2) is 0 Å². The summed E-state index contributed by atoms with van der Waals surface area (Å²) in [6, 6.07) is 22.2. The first-order valence-corrected chi connectivity index (χ1v) is 11.6. The van der Waals surface area contributed by atoms with E-state index in [1.54, 1.807) is 0 Å². The van der Waals surface area contributed by atoms with Crippen LogP contribution in [0.5, 0.6) is 5.75 Å². The minimum Gasteiger partial charge on any atom is -0.494 e. The highest BCUT2D eigenvalue weighted by Gasteiger charge is 2.17. The lowest BCUT2D eigenvalue weighted by Crippen LogP contribution is -2.14. The van der Waals surface area contributed by atoms with Gasteiger partial charge < -0.3 is 4.74 Å². The first-order chi connectivity index (χ1) is 15.7. The van der Waals surface area contributed by atoms with E-state index >= 15 is 0 Å². The van der Waals surface area contributed by atoms with Gasteiger partial charge in [0.25, 0.3) is 0 Å². The number of hydrogen-bond acceptors (Lipinski definition) is 3. The number of ether oxygens (including phenoxy) is 1. The van der Waals surface area contributed by atoms with E-state index < -0.39 is 0 Å². The summed E-state index contributed by atoms with van der Waals surface area (Å²) < 4.78 is 5.45. The van der Waals surface area contributed by atoms with Crippen LogP contribution in [0.1, 0.15) is 55.4 Å². The molecule has 3 nitrogen and oxygen atoms in total. The van der Waals surface area contributed by atoms with Crippen molar-refractivity contribution >= 4 is 11.4 Å². The first kappa shape index (κ1) is 21.8. The Morgan fingerprint density at radius 1 is 0.812 bits per heavy atom. The molecule has 4 rings (SSSR count). The highest BCUT2D eigenvalue weighted by atomic mass is 16.5. The Morgan fingerprint density at radius 2 is 1.47 bits per heavy atom. The van der Waals surface area contributed by atoms with Gasteiger partial charge in [0.05, 0.1) is 18.0 Å². The zero-order valence-corrected chi connectivity index (χ0v) is 19.0. The summed E-state index contributed by atoms with van der Waals surface area (Å²) in [6.45, 7) is 4.91. The molecule has 1 aliphatic carbocycles. The lowest BCUT2D eigenvalue weighted by molar-refractivity contribution is 0.340. The molecular formula is C29H30N2O. The number of nitrogens with zero attached hydrogens (tertiary/aromatic N) is 2. The van der Waals surface area contributed by atoms with Crippen LogP contribution < -0.4 is 4.74 Å². The molecule has 0 aromatic heterocycles. The van der Waals surface area contributed by atoms with E-state index in [1.807, 2.05) is 55.5 Å². The standard InChI is InChI=1S/C29H30N2O/c1-3-5-23-8-12-26-21-24(9-13-25(26)20-23)7-6-22-10-14-27(15-11-22)30-31-28-16-18-29(19-17-28)32-4-2/h9-11,13-19,21,23H,3-5,8,12,20H2,1-2H3. The Morgan fingerprint density at radius 3 is 2.16 bits per heavy atom. The van der Waals surface area contributed by atoms with Crippen LogP contribution in [0.3, 0.4) is 0 Å². The van der Waals surface area contributed by atoms with Crippen LogP contribution in [-0.2, 0) is 12.8 Å². The first-order valence-electron chi connectivity index (χ1n) is 11.6. The molecule has 3 heteroatoms. The van der Waals surface area contributed by atoms with Crippen LogP contribution in [0, 0.1) is 17.8 Å². The highest BCUT2D eigenvalue weighted by Crippen LogP contribution is 2.29. The normalized spacial score (nSPS) is 15.1. The number of benzene rings is 3. The number of aryl methyl sites for hydroxylation is 1. The largest absolute Gasteiger partial charge is 0.494 e. The molecule has 32 heavy (non-hydrogen) atoms. The molecule has 1 aliphatic rings. The van der Waals surface area contributed by atoms with E-state index in [-0.39, 0.29) is 0 Å². The summed E-state index contributed by atoms with van der Waals surface area (Å²) in [5.74, 6) is 8.30. The fourth-order valence-electron chi connectivity index (χ4n) is 4.21. The molecule has 0 aliphatic heterocycles.